The summed E-state index contributed by atoms with van der Waals surface area (Å²) in [5, 5.41) is 3.30. The zero-order valence-corrected chi connectivity index (χ0v) is 11.4. The summed E-state index contributed by atoms with van der Waals surface area (Å²) in [5.74, 6) is 0.875. The van der Waals surface area contributed by atoms with Crippen molar-refractivity contribution in [3.63, 3.8) is 0 Å². The predicted octanol–water partition coefficient (Wildman–Crippen LogP) is 1.69. The Morgan fingerprint density at radius 2 is 1.80 bits per heavy atom. The van der Waals surface area contributed by atoms with Gasteiger partial charge in [-0.05, 0) is 30.8 Å². The second-order valence-corrected chi connectivity index (χ2v) is 7.71. The van der Waals surface area contributed by atoms with Crippen molar-refractivity contribution in [1.82, 2.24) is 5.32 Å². The first-order chi connectivity index (χ1) is 6.63. The quantitative estimate of drug-likeness (QED) is 0.713. The van der Waals surface area contributed by atoms with Crippen LogP contribution in [0.4, 0.5) is 0 Å². The lowest BCUT2D eigenvalue weighted by molar-refractivity contribution is 0.253. The van der Waals surface area contributed by atoms with Crippen LogP contribution in [0.15, 0.2) is 0 Å². The van der Waals surface area contributed by atoms with Gasteiger partial charge in [0.15, 0.2) is 0 Å². The standard InChI is InChI=1S/C11H25NO2S/c1-10(11(2,3)4)9-12-7-6-8-15(5,13)14/h10,12H,6-9H2,1-5H3. The Morgan fingerprint density at radius 1 is 1.27 bits per heavy atom. The Bertz CT molecular complexity index is 265. The topological polar surface area (TPSA) is 46.2 Å². The number of hydrogen-bond acceptors (Lipinski definition) is 3. The van der Waals surface area contributed by atoms with Crippen LogP contribution < -0.4 is 5.32 Å². The molecule has 0 rings (SSSR count). The molecule has 0 saturated heterocycles. The summed E-state index contributed by atoms with van der Waals surface area (Å²) in [5.41, 5.74) is 0.309. The molecule has 0 aromatic carbocycles. The summed E-state index contributed by atoms with van der Waals surface area (Å²) >= 11 is 0. The van der Waals surface area contributed by atoms with Gasteiger partial charge in [0.05, 0.1) is 5.75 Å². The first-order valence-electron chi connectivity index (χ1n) is 5.51. The van der Waals surface area contributed by atoms with Gasteiger partial charge in [0, 0.05) is 6.26 Å². The van der Waals surface area contributed by atoms with E-state index in [0.717, 1.165) is 13.1 Å². The molecule has 1 atom stereocenters. The maximum atomic E-state index is 10.9. The van der Waals surface area contributed by atoms with E-state index in [1.807, 2.05) is 0 Å². The van der Waals surface area contributed by atoms with E-state index in [1.165, 1.54) is 6.26 Å². The van der Waals surface area contributed by atoms with Gasteiger partial charge < -0.3 is 5.32 Å². The van der Waals surface area contributed by atoms with Gasteiger partial charge in [-0.25, -0.2) is 8.42 Å². The predicted molar refractivity (Wildman–Crippen MR) is 65.8 cm³/mol. The number of sulfone groups is 1. The third kappa shape index (κ3) is 8.88. The highest BCUT2D eigenvalue weighted by atomic mass is 32.2. The fourth-order valence-corrected chi connectivity index (χ4v) is 1.75. The first kappa shape index (κ1) is 14.9. The summed E-state index contributed by atoms with van der Waals surface area (Å²) in [4.78, 5) is 0. The summed E-state index contributed by atoms with van der Waals surface area (Å²) in [6.07, 6.45) is 1.99. The molecule has 0 amide bonds. The summed E-state index contributed by atoms with van der Waals surface area (Å²) < 4.78 is 21.7. The van der Waals surface area contributed by atoms with Gasteiger partial charge in [-0.3, -0.25) is 0 Å². The van der Waals surface area contributed by atoms with E-state index in [0.29, 0.717) is 17.8 Å². The fraction of sp³-hybridized carbons (Fsp3) is 1.00. The highest BCUT2D eigenvalue weighted by Gasteiger charge is 2.18. The lowest BCUT2D eigenvalue weighted by Crippen LogP contribution is -2.30. The van der Waals surface area contributed by atoms with Crippen LogP contribution in [0, 0.1) is 11.3 Å². The van der Waals surface area contributed by atoms with Gasteiger partial charge in [0.25, 0.3) is 0 Å². The third-order valence-electron chi connectivity index (χ3n) is 2.80. The van der Waals surface area contributed by atoms with E-state index in [4.69, 9.17) is 0 Å². The maximum absolute atomic E-state index is 10.9. The smallest absolute Gasteiger partial charge is 0.147 e. The van der Waals surface area contributed by atoms with Crippen LogP contribution in [0.5, 0.6) is 0 Å². The first-order valence-corrected chi connectivity index (χ1v) is 7.57. The summed E-state index contributed by atoms with van der Waals surface area (Å²) in [7, 11) is -2.79. The zero-order chi connectivity index (χ0) is 12.1. The van der Waals surface area contributed by atoms with Crippen molar-refractivity contribution in [3.8, 4) is 0 Å². The van der Waals surface area contributed by atoms with Gasteiger partial charge in [-0.1, -0.05) is 27.7 Å². The van der Waals surface area contributed by atoms with Gasteiger partial charge in [0.2, 0.25) is 0 Å². The minimum atomic E-state index is -2.79. The molecular formula is C11H25NO2S. The molecule has 0 bridgehead atoms. The van der Waals surface area contributed by atoms with E-state index < -0.39 is 9.84 Å². The Morgan fingerprint density at radius 3 is 2.20 bits per heavy atom. The fourth-order valence-electron chi connectivity index (χ4n) is 1.08. The van der Waals surface area contributed by atoms with Crippen LogP contribution in [-0.4, -0.2) is 33.5 Å². The van der Waals surface area contributed by atoms with Crippen LogP contribution in [0.1, 0.15) is 34.1 Å². The minimum absolute atomic E-state index is 0.282. The van der Waals surface area contributed by atoms with Crippen molar-refractivity contribution in [2.45, 2.75) is 34.1 Å². The largest absolute Gasteiger partial charge is 0.316 e. The molecule has 0 aromatic rings. The molecule has 0 spiro atoms. The van der Waals surface area contributed by atoms with Crippen LogP contribution in [0.25, 0.3) is 0 Å². The normalized spacial score (nSPS) is 15.3. The molecule has 0 saturated carbocycles. The lowest BCUT2D eigenvalue weighted by atomic mass is 9.82. The molecule has 0 aliphatic carbocycles. The maximum Gasteiger partial charge on any atom is 0.147 e. The second-order valence-electron chi connectivity index (χ2n) is 5.45. The van der Waals surface area contributed by atoms with E-state index in [-0.39, 0.29) is 5.75 Å². The zero-order valence-electron chi connectivity index (χ0n) is 10.6. The van der Waals surface area contributed by atoms with Crippen molar-refractivity contribution in [2.24, 2.45) is 11.3 Å². The molecule has 0 fully saturated rings. The average Bonchev–Trinajstić information content (AvgIpc) is 1.99. The molecule has 4 heteroatoms. The van der Waals surface area contributed by atoms with Gasteiger partial charge >= 0.3 is 0 Å². The highest BCUT2D eigenvalue weighted by molar-refractivity contribution is 7.90. The molecule has 15 heavy (non-hydrogen) atoms. The van der Waals surface area contributed by atoms with Crippen molar-refractivity contribution < 1.29 is 8.42 Å². The Hall–Kier alpha value is -0.0900. The molecule has 1 N–H and O–H groups in total. The summed E-state index contributed by atoms with van der Waals surface area (Å²) in [6, 6.07) is 0. The molecule has 1 unspecified atom stereocenters. The SMILES string of the molecule is CC(CNCCCS(C)(=O)=O)C(C)(C)C. The summed E-state index contributed by atoms with van der Waals surface area (Å²) in [6.45, 7) is 10.6. The Labute approximate surface area is 94.6 Å². The van der Waals surface area contributed by atoms with Gasteiger partial charge in [0.1, 0.15) is 9.84 Å². The average molecular weight is 235 g/mol. The van der Waals surface area contributed by atoms with Gasteiger partial charge in [-0.15, -0.1) is 0 Å². The molecule has 0 aromatic heterocycles. The molecule has 3 nitrogen and oxygen atoms in total. The molecule has 0 heterocycles. The molecular weight excluding hydrogens is 210 g/mol. The van der Waals surface area contributed by atoms with E-state index in [9.17, 15) is 8.42 Å². The number of nitrogens with one attached hydrogen (secondary N) is 1. The highest BCUT2D eigenvalue weighted by Crippen LogP contribution is 2.24. The monoisotopic (exact) mass is 235 g/mol. The lowest BCUT2D eigenvalue weighted by Gasteiger charge is -2.27. The Balaban J connectivity index is 3.56. The molecule has 0 aliphatic heterocycles. The Kier molecular flexibility index (Phi) is 5.81. The molecule has 92 valence electrons. The van der Waals surface area contributed by atoms with E-state index in [2.05, 4.69) is 33.0 Å². The van der Waals surface area contributed by atoms with Crippen molar-refractivity contribution in [2.75, 3.05) is 25.1 Å². The van der Waals surface area contributed by atoms with Crippen molar-refractivity contribution in [1.29, 1.82) is 0 Å². The third-order valence-corrected chi connectivity index (χ3v) is 3.83. The van der Waals surface area contributed by atoms with Crippen molar-refractivity contribution in [3.05, 3.63) is 0 Å². The van der Waals surface area contributed by atoms with Crippen LogP contribution in [-0.2, 0) is 9.84 Å². The molecule has 0 aliphatic rings. The van der Waals surface area contributed by atoms with Crippen LogP contribution in [0.3, 0.4) is 0 Å². The van der Waals surface area contributed by atoms with E-state index in [1.54, 1.807) is 0 Å². The number of rotatable bonds is 6. The van der Waals surface area contributed by atoms with E-state index >= 15 is 0 Å². The molecule has 0 radical (unpaired) electrons. The number of hydrogen-bond donors (Lipinski definition) is 1. The second kappa shape index (κ2) is 5.85. The van der Waals surface area contributed by atoms with Crippen LogP contribution >= 0.6 is 0 Å². The van der Waals surface area contributed by atoms with Crippen LogP contribution in [0.2, 0.25) is 0 Å². The van der Waals surface area contributed by atoms with Crippen molar-refractivity contribution >= 4 is 9.84 Å². The van der Waals surface area contributed by atoms with Gasteiger partial charge in [-0.2, -0.15) is 0 Å². The minimum Gasteiger partial charge on any atom is -0.316 e.